The molecule has 0 atom stereocenters. The van der Waals surface area contributed by atoms with Crippen molar-refractivity contribution < 1.29 is 18.7 Å². The zero-order valence-electron chi connectivity index (χ0n) is 16.3. The molecule has 1 amide bonds. The largest absolute Gasteiger partial charge is 0.389 e. The highest BCUT2D eigenvalue weighted by Gasteiger charge is 2.35. The predicted octanol–water partition coefficient (Wildman–Crippen LogP) is 3.63. The Morgan fingerprint density at radius 3 is 2.43 bits per heavy atom. The fraction of sp³-hybridized carbons (Fsp3) is 0.261. The van der Waals surface area contributed by atoms with Crippen LogP contribution in [0.1, 0.15) is 28.8 Å². The summed E-state index contributed by atoms with van der Waals surface area (Å²) < 4.78 is 27.8. The molecule has 3 aromatic rings. The van der Waals surface area contributed by atoms with Gasteiger partial charge in [-0.15, -0.1) is 0 Å². The first-order valence-electron chi connectivity index (χ1n) is 9.76. The van der Waals surface area contributed by atoms with Gasteiger partial charge in [0.2, 0.25) is 0 Å². The van der Waals surface area contributed by atoms with Gasteiger partial charge in [-0.05, 0) is 36.6 Å². The first kappa shape index (κ1) is 20.1. The summed E-state index contributed by atoms with van der Waals surface area (Å²) in [6.45, 7) is 0.648. The second-order valence-corrected chi connectivity index (χ2v) is 7.59. The lowest BCUT2D eigenvalue weighted by Gasteiger charge is -2.38. The highest BCUT2D eigenvalue weighted by molar-refractivity contribution is 6.00. The average Bonchev–Trinajstić information content (AvgIpc) is 2.76. The van der Waals surface area contributed by atoms with Crippen LogP contribution in [-0.4, -0.2) is 44.6 Å². The number of nitrogens with zero attached hydrogens (tertiary/aromatic N) is 3. The van der Waals surface area contributed by atoms with Crippen molar-refractivity contribution in [3.8, 4) is 11.3 Å². The second kappa shape index (κ2) is 8.28. The maximum absolute atomic E-state index is 13.9. The fourth-order valence-electron chi connectivity index (χ4n) is 3.83. The lowest BCUT2D eigenvalue weighted by molar-refractivity contribution is -0.0162. The van der Waals surface area contributed by atoms with Gasteiger partial charge in [0.1, 0.15) is 6.33 Å². The van der Waals surface area contributed by atoms with Gasteiger partial charge in [-0.25, -0.2) is 18.7 Å². The van der Waals surface area contributed by atoms with Crippen LogP contribution in [0.2, 0.25) is 0 Å². The van der Waals surface area contributed by atoms with Crippen molar-refractivity contribution in [2.45, 2.75) is 24.9 Å². The van der Waals surface area contributed by atoms with Gasteiger partial charge in [-0.2, -0.15) is 0 Å². The Balaban J connectivity index is 1.54. The van der Waals surface area contributed by atoms with Gasteiger partial charge in [0.15, 0.2) is 11.6 Å². The molecule has 30 heavy (non-hydrogen) atoms. The molecule has 154 valence electrons. The van der Waals surface area contributed by atoms with E-state index >= 15 is 0 Å². The Morgan fingerprint density at radius 1 is 1.07 bits per heavy atom. The highest BCUT2D eigenvalue weighted by Crippen LogP contribution is 2.30. The number of hydrogen-bond donors (Lipinski definition) is 1. The molecule has 7 heteroatoms. The van der Waals surface area contributed by atoms with Gasteiger partial charge in [0, 0.05) is 31.3 Å². The molecular weight excluding hydrogens is 388 g/mol. The van der Waals surface area contributed by atoms with E-state index in [9.17, 15) is 18.7 Å². The van der Waals surface area contributed by atoms with E-state index in [-0.39, 0.29) is 11.1 Å². The molecule has 0 spiro atoms. The third-order valence-electron chi connectivity index (χ3n) is 5.51. The Bertz CT molecular complexity index is 1040. The van der Waals surface area contributed by atoms with E-state index in [2.05, 4.69) is 9.97 Å². The number of benzene rings is 2. The molecule has 0 aliphatic carbocycles. The topological polar surface area (TPSA) is 66.3 Å². The summed E-state index contributed by atoms with van der Waals surface area (Å²) in [5.74, 6) is -2.55. The Kier molecular flexibility index (Phi) is 5.55. The third-order valence-corrected chi connectivity index (χ3v) is 5.51. The van der Waals surface area contributed by atoms with Gasteiger partial charge in [-0.1, -0.05) is 30.3 Å². The van der Waals surface area contributed by atoms with E-state index in [0.717, 1.165) is 17.7 Å². The summed E-state index contributed by atoms with van der Waals surface area (Å²) in [7, 11) is 0. The summed E-state index contributed by atoms with van der Waals surface area (Å²) in [5, 5.41) is 10.9. The summed E-state index contributed by atoms with van der Waals surface area (Å²) in [4.78, 5) is 22.6. The minimum Gasteiger partial charge on any atom is -0.389 e. The highest BCUT2D eigenvalue weighted by atomic mass is 19.2. The minimum atomic E-state index is -1.09. The van der Waals surface area contributed by atoms with Crippen LogP contribution in [0.4, 0.5) is 8.78 Å². The van der Waals surface area contributed by atoms with Gasteiger partial charge in [-0.3, -0.25) is 4.79 Å². The quantitative estimate of drug-likeness (QED) is 0.715. The second-order valence-electron chi connectivity index (χ2n) is 7.59. The lowest BCUT2D eigenvalue weighted by Crippen LogP contribution is -2.47. The zero-order valence-corrected chi connectivity index (χ0v) is 16.3. The van der Waals surface area contributed by atoms with Gasteiger partial charge in [0.05, 0.1) is 16.9 Å². The standard InChI is InChI=1S/C23H21F2N3O2/c24-19-12-17(21-6-9-26-15-27-21)18(13-20(19)25)22(29)28-10-7-23(30,8-11-28)14-16-4-2-1-3-5-16/h1-6,9,12-13,15,30H,7-8,10-11,14H2. The van der Waals surface area contributed by atoms with Crippen LogP contribution in [0, 0.1) is 11.6 Å². The van der Waals surface area contributed by atoms with E-state index in [4.69, 9.17) is 0 Å². The molecule has 2 aromatic carbocycles. The molecule has 1 fully saturated rings. The lowest BCUT2D eigenvalue weighted by atomic mass is 9.85. The van der Waals surface area contributed by atoms with Crippen molar-refractivity contribution in [3.63, 3.8) is 0 Å². The maximum atomic E-state index is 13.9. The van der Waals surface area contributed by atoms with Crippen molar-refractivity contribution in [3.05, 3.63) is 83.8 Å². The van der Waals surface area contributed by atoms with E-state index in [0.29, 0.717) is 38.0 Å². The Hall–Kier alpha value is -3.19. The molecule has 0 bridgehead atoms. The number of carbonyl (C=O) groups is 1. The van der Waals surface area contributed by atoms with Gasteiger partial charge >= 0.3 is 0 Å². The van der Waals surface area contributed by atoms with Crippen molar-refractivity contribution in [1.82, 2.24) is 14.9 Å². The van der Waals surface area contributed by atoms with Crippen LogP contribution in [0.5, 0.6) is 0 Å². The SMILES string of the molecule is O=C(c1cc(F)c(F)cc1-c1ccncn1)N1CCC(O)(Cc2ccccc2)CC1. The van der Waals surface area contributed by atoms with Crippen molar-refractivity contribution in [1.29, 1.82) is 0 Å². The molecule has 1 saturated heterocycles. The number of carbonyl (C=O) groups excluding carboxylic acids is 1. The molecule has 5 nitrogen and oxygen atoms in total. The molecule has 1 aliphatic heterocycles. The number of aromatic nitrogens is 2. The fourth-order valence-corrected chi connectivity index (χ4v) is 3.83. The summed E-state index contributed by atoms with van der Waals surface area (Å²) in [6, 6.07) is 13.1. The monoisotopic (exact) mass is 409 g/mol. The molecular formula is C23H21F2N3O2. The van der Waals surface area contributed by atoms with Crippen molar-refractivity contribution in [2.75, 3.05) is 13.1 Å². The van der Waals surface area contributed by atoms with Crippen molar-refractivity contribution in [2.24, 2.45) is 0 Å². The van der Waals surface area contributed by atoms with Crippen LogP contribution in [0.15, 0.2) is 61.1 Å². The van der Waals surface area contributed by atoms with Crippen LogP contribution < -0.4 is 0 Å². The van der Waals surface area contributed by atoms with E-state index in [1.807, 2.05) is 30.3 Å². The number of halogens is 2. The van der Waals surface area contributed by atoms with E-state index in [1.165, 1.54) is 18.6 Å². The first-order chi connectivity index (χ1) is 14.5. The van der Waals surface area contributed by atoms with E-state index in [1.54, 1.807) is 4.90 Å². The number of piperidine rings is 1. The van der Waals surface area contributed by atoms with Crippen LogP contribution >= 0.6 is 0 Å². The number of hydrogen-bond acceptors (Lipinski definition) is 4. The Labute approximate surface area is 173 Å². The molecule has 0 radical (unpaired) electrons. The molecule has 1 N–H and O–H groups in total. The van der Waals surface area contributed by atoms with Crippen LogP contribution in [-0.2, 0) is 6.42 Å². The Morgan fingerprint density at radius 2 is 1.77 bits per heavy atom. The molecule has 1 aromatic heterocycles. The summed E-state index contributed by atoms with van der Waals surface area (Å²) in [6.07, 6.45) is 4.07. The third kappa shape index (κ3) is 4.21. The van der Waals surface area contributed by atoms with Crippen molar-refractivity contribution >= 4 is 5.91 Å². The predicted molar refractivity (Wildman–Crippen MR) is 108 cm³/mol. The summed E-state index contributed by atoms with van der Waals surface area (Å²) >= 11 is 0. The average molecular weight is 409 g/mol. The zero-order chi connectivity index (χ0) is 21.1. The van der Waals surface area contributed by atoms with Gasteiger partial charge < -0.3 is 10.0 Å². The van der Waals surface area contributed by atoms with Crippen LogP contribution in [0.3, 0.4) is 0 Å². The van der Waals surface area contributed by atoms with Gasteiger partial charge in [0.25, 0.3) is 5.91 Å². The molecule has 4 rings (SSSR count). The minimum absolute atomic E-state index is 0.0427. The molecule has 1 aliphatic rings. The van der Waals surface area contributed by atoms with Crippen LogP contribution in [0.25, 0.3) is 11.3 Å². The first-order valence-corrected chi connectivity index (χ1v) is 9.76. The maximum Gasteiger partial charge on any atom is 0.254 e. The number of amides is 1. The van der Waals surface area contributed by atoms with E-state index < -0.39 is 23.1 Å². The molecule has 2 heterocycles. The number of rotatable bonds is 4. The smallest absolute Gasteiger partial charge is 0.254 e. The number of likely N-dealkylation sites (tertiary alicyclic amines) is 1. The molecule has 0 saturated carbocycles. The number of aliphatic hydroxyl groups is 1. The normalized spacial score (nSPS) is 15.8. The summed E-state index contributed by atoms with van der Waals surface area (Å²) in [5.41, 5.74) is 0.727. The molecule has 0 unspecified atom stereocenters.